The molecule has 1 aliphatic heterocycles. The van der Waals surface area contributed by atoms with Crippen LogP contribution in [0.2, 0.25) is 0 Å². The molecule has 0 aromatic heterocycles. The quantitative estimate of drug-likeness (QED) is 0.502. The molecule has 28 heavy (non-hydrogen) atoms. The van der Waals surface area contributed by atoms with E-state index in [1.54, 1.807) is 11.0 Å². The van der Waals surface area contributed by atoms with Crippen LogP contribution >= 0.6 is 0 Å². The lowest BCUT2D eigenvalue weighted by Crippen LogP contribution is -2.55. The maximum Gasteiger partial charge on any atom is 0.253 e. The van der Waals surface area contributed by atoms with E-state index in [0.29, 0.717) is 6.42 Å². The lowest BCUT2D eigenvalue weighted by atomic mass is 9.88. The maximum absolute atomic E-state index is 13.5. The number of likely N-dealkylation sites (N-methyl/N-ethyl adjacent to an activating group) is 1. The molecule has 0 spiro atoms. The number of para-hydroxylation sites is 3. The molecular weight excluding hydrogens is 346 g/mol. The Labute approximate surface area is 165 Å². The fourth-order valence-electron chi connectivity index (χ4n) is 3.83. The number of fused-ring (bicyclic) bond motifs is 1. The first-order valence-electron chi connectivity index (χ1n) is 9.34. The summed E-state index contributed by atoms with van der Waals surface area (Å²) in [4.78, 5) is 15.2. The van der Waals surface area contributed by atoms with Crippen LogP contribution in [0.5, 0.6) is 0 Å². The van der Waals surface area contributed by atoms with E-state index in [-0.39, 0.29) is 5.91 Å². The minimum absolute atomic E-state index is 0.00506. The van der Waals surface area contributed by atoms with E-state index in [1.165, 1.54) is 0 Å². The molecule has 4 heteroatoms. The Hall–Kier alpha value is -3.37. The third-order valence-corrected chi connectivity index (χ3v) is 5.18. The minimum Gasteiger partial charge on any atom is -0.313 e. The van der Waals surface area contributed by atoms with Gasteiger partial charge < -0.3 is 4.90 Å². The Bertz CT molecular complexity index is 948. The van der Waals surface area contributed by atoms with Gasteiger partial charge in [0.1, 0.15) is 5.54 Å². The number of hydrogen-bond donors (Lipinski definition) is 1. The average molecular weight is 369 g/mol. The van der Waals surface area contributed by atoms with Crippen molar-refractivity contribution in [2.75, 3.05) is 17.0 Å². The number of nitrogens with zero attached hydrogens (tertiary/aromatic N) is 2. The van der Waals surface area contributed by atoms with Crippen LogP contribution in [0.1, 0.15) is 12.0 Å². The highest BCUT2D eigenvalue weighted by molar-refractivity contribution is 6.07. The van der Waals surface area contributed by atoms with Crippen LogP contribution in [0.3, 0.4) is 0 Å². The van der Waals surface area contributed by atoms with Crippen molar-refractivity contribution in [2.24, 2.45) is 0 Å². The molecule has 1 N–H and O–H groups in total. The van der Waals surface area contributed by atoms with Gasteiger partial charge in [0.2, 0.25) is 0 Å². The molecule has 0 radical (unpaired) electrons. The first-order chi connectivity index (χ1) is 13.7. The van der Waals surface area contributed by atoms with Gasteiger partial charge in [0.25, 0.3) is 5.91 Å². The second-order valence-corrected chi connectivity index (χ2v) is 6.90. The summed E-state index contributed by atoms with van der Waals surface area (Å²) in [5.41, 5.74) is 6.44. The molecule has 1 aliphatic rings. The lowest BCUT2D eigenvalue weighted by molar-refractivity contribution is -0.124. The summed E-state index contributed by atoms with van der Waals surface area (Å²) in [6.07, 6.45) is 2.28. The molecule has 140 valence electrons. The molecule has 1 amide bonds. The minimum atomic E-state index is -0.918. The fourth-order valence-corrected chi connectivity index (χ4v) is 3.83. The van der Waals surface area contributed by atoms with Crippen LogP contribution in [0.25, 0.3) is 0 Å². The standard InChI is InChI=1S/C24H23N3O/c1-3-18-24(21-16-10-11-17-22(21)26(2)23(24)28)25-27(19-12-6-4-7-13-19)20-14-8-5-9-15-20/h3-17,25H,1,18H2,2H3. The normalized spacial score (nSPS) is 18.0. The molecule has 3 aromatic carbocycles. The Morgan fingerprint density at radius 1 is 0.929 bits per heavy atom. The first-order valence-corrected chi connectivity index (χ1v) is 9.34. The number of carbonyl (C=O) groups is 1. The predicted molar refractivity (Wildman–Crippen MR) is 115 cm³/mol. The van der Waals surface area contributed by atoms with Gasteiger partial charge in [-0.1, -0.05) is 60.7 Å². The smallest absolute Gasteiger partial charge is 0.253 e. The van der Waals surface area contributed by atoms with E-state index in [0.717, 1.165) is 22.6 Å². The van der Waals surface area contributed by atoms with Crippen molar-refractivity contribution in [1.82, 2.24) is 5.43 Å². The number of hydrogen-bond acceptors (Lipinski definition) is 3. The molecule has 0 saturated heterocycles. The van der Waals surface area contributed by atoms with Crippen LogP contribution in [-0.4, -0.2) is 13.0 Å². The zero-order valence-electron chi connectivity index (χ0n) is 15.9. The monoisotopic (exact) mass is 369 g/mol. The molecule has 3 aromatic rings. The van der Waals surface area contributed by atoms with E-state index in [4.69, 9.17) is 0 Å². The number of hydrazine groups is 1. The number of benzene rings is 3. The molecule has 0 saturated carbocycles. The van der Waals surface area contributed by atoms with Gasteiger partial charge in [0, 0.05) is 18.3 Å². The molecule has 0 aliphatic carbocycles. The number of rotatable bonds is 6. The van der Waals surface area contributed by atoms with E-state index < -0.39 is 5.54 Å². The molecule has 1 atom stereocenters. The van der Waals surface area contributed by atoms with Crippen molar-refractivity contribution in [3.63, 3.8) is 0 Å². The Kier molecular flexibility index (Phi) is 4.72. The summed E-state index contributed by atoms with van der Waals surface area (Å²) >= 11 is 0. The SMILES string of the molecule is C=CCC1(NN(c2ccccc2)c2ccccc2)C(=O)N(C)c2ccccc21. The molecule has 0 fully saturated rings. The van der Waals surface area contributed by atoms with Crippen molar-refractivity contribution < 1.29 is 4.79 Å². The number of carbonyl (C=O) groups excluding carboxylic acids is 1. The van der Waals surface area contributed by atoms with E-state index >= 15 is 0 Å². The zero-order valence-corrected chi connectivity index (χ0v) is 15.9. The van der Waals surface area contributed by atoms with Crippen LogP contribution in [-0.2, 0) is 10.3 Å². The second-order valence-electron chi connectivity index (χ2n) is 6.90. The van der Waals surface area contributed by atoms with Crippen molar-refractivity contribution in [1.29, 1.82) is 0 Å². The summed E-state index contributed by atoms with van der Waals surface area (Å²) in [5, 5.41) is 1.98. The Morgan fingerprint density at radius 3 is 2.04 bits per heavy atom. The largest absolute Gasteiger partial charge is 0.313 e. The number of anilines is 3. The van der Waals surface area contributed by atoms with Crippen LogP contribution in [0, 0.1) is 0 Å². The number of nitrogens with one attached hydrogen (secondary N) is 1. The number of amides is 1. The molecule has 0 bridgehead atoms. The summed E-state index contributed by atoms with van der Waals surface area (Å²) < 4.78 is 0. The third kappa shape index (κ3) is 2.88. The zero-order chi connectivity index (χ0) is 19.6. The van der Waals surface area contributed by atoms with E-state index in [2.05, 4.69) is 12.0 Å². The summed E-state index contributed by atoms with van der Waals surface area (Å²) in [7, 11) is 1.82. The van der Waals surface area contributed by atoms with Gasteiger partial charge in [0.15, 0.2) is 0 Å². The van der Waals surface area contributed by atoms with Crippen molar-refractivity contribution in [3.05, 3.63) is 103 Å². The highest BCUT2D eigenvalue weighted by Crippen LogP contribution is 2.43. The third-order valence-electron chi connectivity index (χ3n) is 5.18. The van der Waals surface area contributed by atoms with Gasteiger partial charge in [-0.25, -0.2) is 5.43 Å². The average Bonchev–Trinajstić information content (AvgIpc) is 2.96. The van der Waals surface area contributed by atoms with Crippen molar-refractivity contribution in [2.45, 2.75) is 12.0 Å². The fraction of sp³-hybridized carbons (Fsp3) is 0.125. The van der Waals surface area contributed by atoms with Gasteiger partial charge in [-0.15, -0.1) is 6.58 Å². The highest BCUT2D eigenvalue weighted by Gasteiger charge is 2.50. The molecular formula is C24H23N3O. The molecule has 1 heterocycles. The van der Waals surface area contributed by atoms with Gasteiger partial charge >= 0.3 is 0 Å². The van der Waals surface area contributed by atoms with Crippen LogP contribution in [0.4, 0.5) is 17.1 Å². The van der Waals surface area contributed by atoms with Crippen molar-refractivity contribution in [3.8, 4) is 0 Å². The van der Waals surface area contributed by atoms with Gasteiger partial charge in [-0.3, -0.25) is 9.80 Å². The first kappa shape index (κ1) is 18.0. The molecule has 1 unspecified atom stereocenters. The summed E-state index contributed by atoms with van der Waals surface area (Å²) in [6, 6.07) is 27.9. The van der Waals surface area contributed by atoms with E-state index in [9.17, 15) is 4.79 Å². The maximum atomic E-state index is 13.5. The van der Waals surface area contributed by atoms with E-state index in [1.807, 2.05) is 97.0 Å². The van der Waals surface area contributed by atoms with Gasteiger partial charge in [-0.2, -0.15) is 0 Å². The van der Waals surface area contributed by atoms with Crippen molar-refractivity contribution >= 4 is 23.0 Å². The lowest BCUT2D eigenvalue weighted by Gasteiger charge is -2.36. The summed E-state index contributed by atoms with van der Waals surface area (Å²) in [6.45, 7) is 3.93. The predicted octanol–water partition coefficient (Wildman–Crippen LogP) is 4.78. The van der Waals surface area contributed by atoms with Gasteiger partial charge in [-0.05, 0) is 36.8 Å². The second kappa shape index (κ2) is 7.33. The highest BCUT2D eigenvalue weighted by atomic mass is 16.2. The molecule has 4 nitrogen and oxygen atoms in total. The topological polar surface area (TPSA) is 35.6 Å². The van der Waals surface area contributed by atoms with Crippen LogP contribution in [0.15, 0.2) is 97.6 Å². The Morgan fingerprint density at radius 2 is 1.46 bits per heavy atom. The van der Waals surface area contributed by atoms with Crippen LogP contribution < -0.4 is 15.3 Å². The van der Waals surface area contributed by atoms with Gasteiger partial charge in [0.05, 0.1) is 11.4 Å². The molecule has 4 rings (SSSR count). The Balaban J connectivity index is 1.86. The summed E-state index contributed by atoms with van der Waals surface area (Å²) in [5.74, 6) is 0.00506.